The van der Waals surface area contributed by atoms with Crippen LogP contribution in [0.4, 0.5) is 0 Å². The van der Waals surface area contributed by atoms with Gasteiger partial charge in [-0.3, -0.25) is 0 Å². The lowest BCUT2D eigenvalue weighted by Crippen LogP contribution is -2.06. The third kappa shape index (κ3) is 2.85. The first-order valence-corrected chi connectivity index (χ1v) is 7.32. The summed E-state index contributed by atoms with van der Waals surface area (Å²) in [5, 5.41) is 14.9. The minimum absolute atomic E-state index is 0.186. The molecular formula is C16H17N5O2. The second-order valence-corrected chi connectivity index (χ2v) is 5.13. The minimum Gasteiger partial charge on any atom is -0.461 e. The summed E-state index contributed by atoms with van der Waals surface area (Å²) in [7, 11) is 0. The normalized spacial score (nSPS) is 10.7. The zero-order valence-electron chi connectivity index (χ0n) is 13.2. The van der Waals surface area contributed by atoms with Crippen LogP contribution in [-0.2, 0) is 4.74 Å². The van der Waals surface area contributed by atoms with Crippen LogP contribution in [0, 0.1) is 13.8 Å². The Morgan fingerprint density at radius 3 is 2.57 bits per heavy atom. The molecule has 7 nitrogen and oxygen atoms in total. The van der Waals surface area contributed by atoms with Crippen LogP contribution in [-0.4, -0.2) is 37.8 Å². The van der Waals surface area contributed by atoms with Crippen LogP contribution in [0.3, 0.4) is 0 Å². The smallest absolute Gasteiger partial charge is 0.361 e. The molecule has 0 amide bonds. The van der Waals surface area contributed by atoms with E-state index in [-0.39, 0.29) is 5.69 Å². The molecule has 3 rings (SSSR count). The van der Waals surface area contributed by atoms with E-state index in [1.807, 2.05) is 48.9 Å². The molecule has 1 N–H and O–H groups in total. The van der Waals surface area contributed by atoms with Gasteiger partial charge in [-0.25, -0.2) is 9.48 Å². The number of ether oxygens (including phenoxy) is 1. The van der Waals surface area contributed by atoms with Gasteiger partial charge in [0.25, 0.3) is 0 Å². The molecule has 0 unspecified atom stereocenters. The van der Waals surface area contributed by atoms with E-state index in [9.17, 15) is 4.79 Å². The van der Waals surface area contributed by atoms with Gasteiger partial charge in [0.05, 0.1) is 18.0 Å². The summed E-state index contributed by atoms with van der Waals surface area (Å²) < 4.78 is 6.85. The second kappa shape index (κ2) is 6.04. The van der Waals surface area contributed by atoms with E-state index in [4.69, 9.17) is 4.74 Å². The van der Waals surface area contributed by atoms with E-state index < -0.39 is 5.97 Å². The van der Waals surface area contributed by atoms with Gasteiger partial charge in [0.15, 0.2) is 5.69 Å². The molecule has 0 radical (unpaired) electrons. The van der Waals surface area contributed by atoms with Crippen molar-refractivity contribution in [2.75, 3.05) is 6.61 Å². The summed E-state index contributed by atoms with van der Waals surface area (Å²) in [5.41, 5.74) is 4.42. The van der Waals surface area contributed by atoms with Crippen LogP contribution in [0.1, 0.15) is 28.8 Å². The van der Waals surface area contributed by atoms with Gasteiger partial charge in [0, 0.05) is 11.3 Å². The van der Waals surface area contributed by atoms with Crippen LogP contribution in [0.25, 0.3) is 16.9 Å². The summed E-state index contributed by atoms with van der Waals surface area (Å²) in [6.07, 6.45) is 0. The molecule has 0 aliphatic heterocycles. The molecule has 0 saturated carbocycles. The van der Waals surface area contributed by atoms with E-state index in [2.05, 4.69) is 20.5 Å². The highest BCUT2D eigenvalue weighted by molar-refractivity contribution is 5.93. The van der Waals surface area contributed by atoms with Crippen molar-refractivity contribution in [1.82, 2.24) is 25.2 Å². The number of carbonyl (C=O) groups is 1. The maximum absolute atomic E-state index is 11.9. The number of aryl methyl sites for hydroxylation is 2. The first kappa shape index (κ1) is 15.0. The number of hydrogen-bond acceptors (Lipinski definition) is 5. The number of nitrogens with one attached hydrogen (secondary N) is 1. The first-order valence-electron chi connectivity index (χ1n) is 7.32. The predicted molar refractivity (Wildman–Crippen MR) is 84.4 cm³/mol. The summed E-state index contributed by atoms with van der Waals surface area (Å²) in [5.74, 6) is -0.487. The van der Waals surface area contributed by atoms with Crippen molar-refractivity contribution in [3.8, 4) is 16.9 Å². The van der Waals surface area contributed by atoms with Crippen LogP contribution >= 0.6 is 0 Å². The topological polar surface area (TPSA) is 85.7 Å². The molecule has 0 fully saturated rings. The highest BCUT2D eigenvalue weighted by atomic mass is 16.5. The zero-order chi connectivity index (χ0) is 16.4. The van der Waals surface area contributed by atoms with Crippen molar-refractivity contribution >= 4 is 5.97 Å². The van der Waals surface area contributed by atoms with E-state index in [0.717, 1.165) is 22.6 Å². The Hall–Kier alpha value is -2.96. The Bertz CT molecular complexity index is 833. The molecule has 3 aromatic rings. The molecule has 0 atom stereocenters. The average Bonchev–Trinajstić information content (AvgIpc) is 3.14. The lowest BCUT2D eigenvalue weighted by atomic mass is 10.1. The number of carbonyl (C=O) groups excluding carboxylic acids is 1. The van der Waals surface area contributed by atoms with Gasteiger partial charge in [-0.15, -0.1) is 5.10 Å². The van der Waals surface area contributed by atoms with Gasteiger partial charge < -0.3 is 4.74 Å². The molecule has 0 aliphatic carbocycles. The highest BCUT2D eigenvalue weighted by Crippen LogP contribution is 2.22. The fraction of sp³-hybridized carbons (Fsp3) is 0.250. The number of benzene rings is 1. The fourth-order valence-electron chi connectivity index (χ4n) is 2.42. The Kier molecular flexibility index (Phi) is 3.92. The van der Waals surface area contributed by atoms with Crippen molar-refractivity contribution in [2.45, 2.75) is 20.8 Å². The number of aromatic amines is 1. The maximum atomic E-state index is 11.9. The van der Waals surface area contributed by atoms with E-state index >= 15 is 0 Å². The second-order valence-electron chi connectivity index (χ2n) is 5.13. The molecule has 2 heterocycles. The summed E-state index contributed by atoms with van der Waals surface area (Å²) in [6.45, 7) is 6.01. The quantitative estimate of drug-likeness (QED) is 0.748. The van der Waals surface area contributed by atoms with E-state index in [1.165, 1.54) is 0 Å². The van der Waals surface area contributed by atoms with Crippen molar-refractivity contribution in [2.24, 2.45) is 0 Å². The number of rotatable bonds is 4. The predicted octanol–water partition coefficient (Wildman–Crippen LogP) is 2.45. The molecule has 2 aromatic heterocycles. The van der Waals surface area contributed by atoms with Gasteiger partial charge in [-0.2, -0.15) is 15.4 Å². The van der Waals surface area contributed by atoms with Gasteiger partial charge in [-0.05, 0) is 39.0 Å². The van der Waals surface area contributed by atoms with E-state index in [1.54, 1.807) is 6.92 Å². The third-order valence-corrected chi connectivity index (χ3v) is 3.41. The number of hydrogen-bond donors (Lipinski definition) is 1. The van der Waals surface area contributed by atoms with Crippen molar-refractivity contribution in [3.05, 3.63) is 47.4 Å². The summed E-state index contributed by atoms with van der Waals surface area (Å²) in [6, 6.07) is 9.64. The minimum atomic E-state index is -0.487. The molecule has 118 valence electrons. The van der Waals surface area contributed by atoms with Crippen LogP contribution in [0.15, 0.2) is 30.3 Å². The lowest BCUT2D eigenvalue weighted by molar-refractivity contribution is 0.0520. The average molecular weight is 311 g/mol. The Morgan fingerprint density at radius 2 is 1.96 bits per heavy atom. The Labute approximate surface area is 133 Å². The van der Waals surface area contributed by atoms with Gasteiger partial charge in [0.1, 0.15) is 5.69 Å². The summed E-state index contributed by atoms with van der Waals surface area (Å²) in [4.78, 5) is 11.9. The number of nitrogens with zero attached hydrogens (tertiary/aromatic N) is 4. The summed E-state index contributed by atoms with van der Waals surface area (Å²) >= 11 is 0. The Morgan fingerprint density at radius 1 is 1.22 bits per heavy atom. The number of H-pyrrole nitrogens is 1. The van der Waals surface area contributed by atoms with Crippen molar-refractivity contribution in [1.29, 1.82) is 0 Å². The van der Waals surface area contributed by atoms with Crippen LogP contribution < -0.4 is 0 Å². The van der Waals surface area contributed by atoms with Crippen LogP contribution in [0.5, 0.6) is 0 Å². The highest BCUT2D eigenvalue weighted by Gasteiger charge is 2.19. The van der Waals surface area contributed by atoms with Gasteiger partial charge >= 0.3 is 5.97 Å². The molecule has 0 aliphatic rings. The van der Waals surface area contributed by atoms with E-state index in [0.29, 0.717) is 12.3 Å². The van der Waals surface area contributed by atoms with Gasteiger partial charge in [-0.1, -0.05) is 12.1 Å². The lowest BCUT2D eigenvalue weighted by Gasteiger charge is -2.06. The first-order chi connectivity index (χ1) is 11.1. The SMILES string of the molecule is CCOC(=O)c1n[nH]nc1-c1ccc(-n2nc(C)cc2C)cc1. The molecule has 0 saturated heterocycles. The molecule has 0 spiro atoms. The number of esters is 1. The van der Waals surface area contributed by atoms with Gasteiger partial charge in [0.2, 0.25) is 0 Å². The molecule has 0 bridgehead atoms. The molecule has 7 heteroatoms. The number of aromatic nitrogens is 5. The zero-order valence-corrected chi connectivity index (χ0v) is 13.2. The largest absolute Gasteiger partial charge is 0.461 e. The molecule has 23 heavy (non-hydrogen) atoms. The standard InChI is InChI=1S/C16H17N5O2/c1-4-23-16(22)15-14(17-20-18-15)12-5-7-13(8-6-12)21-11(3)9-10(2)19-21/h5-9H,4H2,1-3H3,(H,17,18,20). The van der Waals surface area contributed by atoms with Crippen molar-refractivity contribution < 1.29 is 9.53 Å². The Balaban J connectivity index is 1.93. The van der Waals surface area contributed by atoms with Crippen LogP contribution in [0.2, 0.25) is 0 Å². The molecular weight excluding hydrogens is 294 g/mol. The fourth-order valence-corrected chi connectivity index (χ4v) is 2.42. The van der Waals surface area contributed by atoms with Crippen molar-refractivity contribution in [3.63, 3.8) is 0 Å². The monoisotopic (exact) mass is 311 g/mol. The third-order valence-electron chi connectivity index (χ3n) is 3.41. The maximum Gasteiger partial charge on any atom is 0.361 e. The molecule has 1 aromatic carbocycles.